The van der Waals surface area contributed by atoms with Crippen LogP contribution in [0.2, 0.25) is 0 Å². The molecule has 0 aliphatic rings. The minimum Gasteiger partial charge on any atom is -0.370 e. The van der Waals surface area contributed by atoms with E-state index in [1.165, 1.54) is 30.3 Å². The first-order valence-corrected chi connectivity index (χ1v) is 7.04. The molecule has 1 atom stereocenters. The fourth-order valence-corrected chi connectivity index (χ4v) is 1.65. The minimum absolute atomic E-state index is 0.113. The highest BCUT2D eigenvalue weighted by atomic mass is 19.4. The van der Waals surface area contributed by atoms with Crippen LogP contribution in [0.4, 0.5) is 48.3 Å². The first kappa shape index (κ1) is 24.1. The zero-order valence-electron chi connectivity index (χ0n) is 13.5. The van der Waals surface area contributed by atoms with Crippen molar-refractivity contribution in [3.8, 4) is 0 Å². The van der Waals surface area contributed by atoms with Gasteiger partial charge in [0.1, 0.15) is 6.61 Å². The van der Waals surface area contributed by atoms with Gasteiger partial charge in [0.25, 0.3) is 0 Å². The third-order valence-corrected chi connectivity index (χ3v) is 3.21. The molecule has 160 valence electrons. The second kappa shape index (κ2) is 7.85. The van der Waals surface area contributed by atoms with Crippen LogP contribution < -0.4 is 0 Å². The normalized spacial score (nSPS) is 16.0. The van der Waals surface area contributed by atoms with Gasteiger partial charge >= 0.3 is 30.2 Å². The van der Waals surface area contributed by atoms with Gasteiger partial charge < -0.3 is 4.74 Å². The molecule has 28 heavy (non-hydrogen) atoms. The van der Waals surface area contributed by atoms with Crippen molar-refractivity contribution in [2.45, 2.75) is 36.8 Å². The van der Waals surface area contributed by atoms with E-state index in [1.54, 1.807) is 0 Å². The van der Waals surface area contributed by atoms with Gasteiger partial charge in [-0.15, -0.1) is 0 Å². The van der Waals surface area contributed by atoms with Crippen molar-refractivity contribution >= 4 is 6.08 Å². The molecule has 0 fully saturated rings. The molecule has 0 amide bonds. The Bertz CT molecular complexity index is 664. The maximum atomic E-state index is 13.9. The smallest absolute Gasteiger partial charge is 0.370 e. The number of ether oxygens (including phenoxy) is 2. The fraction of sp³-hybridized carbons (Fsp3) is 0.467. The monoisotopic (exact) mass is 432 g/mol. The van der Waals surface area contributed by atoms with Crippen LogP contribution >= 0.6 is 0 Å². The van der Waals surface area contributed by atoms with Crippen molar-refractivity contribution in [3.05, 3.63) is 42.0 Å². The second-order valence-electron chi connectivity index (χ2n) is 5.36. The minimum atomic E-state index is -7.09. The van der Waals surface area contributed by atoms with Crippen molar-refractivity contribution in [2.75, 3.05) is 6.61 Å². The number of rotatable bonds is 8. The van der Waals surface area contributed by atoms with E-state index in [0.29, 0.717) is 5.56 Å². The summed E-state index contributed by atoms with van der Waals surface area (Å²) in [4.78, 5) is 0. The van der Waals surface area contributed by atoms with Gasteiger partial charge in [-0.25, -0.2) is 0 Å². The molecule has 1 aromatic carbocycles. The van der Waals surface area contributed by atoms with Gasteiger partial charge in [-0.2, -0.15) is 48.3 Å². The van der Waals surface area contributed by atoms with Crippen LogP contribution in [-0.4, -0.2) is 36.8 Å². The quantitative estimate of drug-likeness (QED) is 0.478. The Morgan fingerprint density at radius 2 is 1.29 bits per heavy atom. The van der Waals surface area contributed by atoms with Crippen LogP contribution in [0.1, 0.15) is 11.1 Å². The zero-order chi connectivity index (χ0) is 22.0. The van der Waals surface area contributed by atoms with Crippen molar-refractivity contribution in [1.82, 2.24) is 0 Å². The molecule has 1 rings (SSSR count). The van der Waals surface area contributed by atoms with E-state index in [2.05, 4.69) is 16.1 Å². The van der Waals surface area contributed by atoms with Crippen molar-refractivity contribution in [2.24, 2.45) is 0 Å². The Balaban J connectivity index is 2.97. The average Bonchev–Trinajstić information content (AvgIpc) is 2.52. The Morgan fingerprint density at radius 1 is 0.786 bits per heavy atom. The molecular formula is C15H11F11O2. The topological polar surface area (TPSA) is 18.5 Å². The molecular weight excluding hydrogens is 421 g/mol. The second-order valence-corrected chi connectivity index (χ2v) is 5.36. The summed E-state index contributed by atoms with van der Waals surface area (Å²) in [7, 11) is 0. The van der Waals surface area contributed by atoms with E-state index in [9.17, 15) is 48.3 Å². The Hall–Kier alpha value is -1.89. The molecule has 0 saturated heterocycles. The van der Waals surface area contributed by atoms with Crippen LogP contribution in [0.25, 0.3) is 6.08 Å². The molecule has 2 nitrogen and oxygen atoms in total. The van der Waals surface area contributed by atoms with Crippen LogP contribution in [0.15, 0.2) is 30.8 Å². The lowest BCUT2D eigenvalue weighted by atomic mass is 10.1. The van der Waals surface area contributed by atoms with Gasteiger partial charge in [0, 0.05) is 0 Å². The lowest BCUT2D eigenvalue weighted by Crippen LogP contribution is -2.60. The van der Waals surface area contributed by atoms with Gasteiger partial charge in [-0.3, -0.25) is 4.74 Å². The standard InChI is InChI=1S/C15H11F11O2/c1-2-9-3-5-10(6-4-9)7-27-8-11(16,13(19,20)21)28-15(25,26)12(17,18)14(22,23)24/h2-6H,1,7-8H2. The molecule has 0 heterocycles. The Labute approximate surface area is 150 Å². The maximum Gasteiger partial charge on any atom is 0.462 e. The molecule has 0 aliphatic carbocycles. The molecule has 0 aliphatic heterocycles. The van der Waals surface area contributed by atoms with Crippen LogP contribution in [0, 0.1) is 0 Å². The van der Waals surface area contributed by atoms with Gasteiger partial charge in [-0.1, -0.05) is 36.9 Å². The summed E-state index contributed by atoms with van der Waals surface area (Å²) >= 11 is 0. The largest absolute Gasteiger partial charge is 0.462 e. The number of halogens is 11. The van der Waals surface area contributed by atoms with Crippen LogP contribution in [-0.2, 0) is 16.1 Å². The summed E-state index contributed by atoms with van der Waals surface area (Å²) in [6, 6.07) is 5.37. The summed E-state index contributed by atoms with van der Waals surface area (Å²) in [5.74, 6) is -12.7. The average molecular weight is 432 g/mol. The number of hydrogen-bond acceptors (Lipinski definition) is 2. The molecule has 0 N–H and O–H groups in total. The maximum absolute atomic E-state index is 13.9. The predicted octanol–water partition coefficient (Wildman–Crippen LogP) is 5.88. The third-order valence-electron chi connectivity index (χ3n) is 3.21. The van der Waals surface area contributed by atoms with Crippen molar-refractivity contribution < 1.29 is 57.8 Å². The summed E-state index contributed by atoms with van der Waals surface area (Å²) in [6.45, 7) is 0.175. The first-order chi connectivity index (χ1) is 12.5. The summed E-state index contributed by atoms with van der Waals surface area (Å²) in [5.41, 5.74) is 0.693. The van der Waals surface area contributed by atoms with Crippen LogP contribution in [0.3, 0.4) is 0 Å². The lowest BCUT2D eigenvalue weighted by molar-refractivity contribution is -0.486. The molecule has 0 aromatic heterocycles. The van der Waals surface area contributed by atoms with Crippen molar-refractivity contribution in [3.63, 3.8) is 0 Å². The van der Waals surface area contributed by atoms with E-state index in [1.807, 2.05) is 0 Å². The molecule has 13 heteroatoms. The highest BCUT2D eigenvalue weighted by molar-refractivity contribution is 5.47. The fourth-order valence-electron chi connectivity index (χ4n) is 1.65. The van der Waals surface area contributed by atoms with E-state index in [0.717, 1.165) is 0 Å². The van der Waals surface area contributed by atoms with E-state index >= 15 is 0 Å². The third kappa shape index (κ3) is 5.13. The number of alkyl halides is 11. The van der Waals surface area contributed by atoms with Crippen molar-refractivity contribution in [1.29, 1.82) is 0 Å². The van der Waals surface area contributed by atoms with E-state index in [-0.39, 0.29) is 5.56 Å². The lowest BCUT2D eigenvalue weighted by Gasteiger charge is -2.34. The van der Waals surface area contributed by atoms with Crippen LogP contribution in [0.5, 0.6) is 0 Å². The predicted molar refractivity (Wildman–Crippen MR) is 73.1 cm³/mol. The van der Waals surface area contributed by atoms with Gasteiger partial charge in [0.15, 0.2) is 0 Å². The number of hydrogen-bond donors (Lipinski definition) is 0. The van der Waals surface area contributed by atoms with E-state index in [4.69, 9.17) is 0 Å². The highest BCUT2D eigenvalue weighted by Crippen LogP contribution is 2.50. The molecule has 0 spiro atoms. The molecule has 0 bridgehead atoms. The summed E-state index contributed by atoms with van der Waals surface area (Å²) in [6.07, 6.45) is -18.9. The Morgan fingerprint density at radius 3 is 1.68 bits per heavy atom. The van der Waals surface area contributed by atoms with Gasteiger partial charge in [0.05, 0.1) is 6.61 Å². The molecule has 1 unspecified atom stereocenters. The summed E-state index contributed by atoms with van der Waals surface area (Å²) in [5, 5.41) is 0. The first-order valence-electron chi connectivity index (χ1n) is 7.04. The SMILES string of the molecule is C=Cc1ccc(COCC(F)(OC(F)(F)C(F)(F)C(F)(F)F)C(F)(F)F)cc1. The van der Waals surface area contributed by atoms with E-state index < -0.39 is 43.5 Å². The summed E-state index contributed by atoms with van der Waals surface area (Å²) < 4.78 is 146. The molecule has 0 saturated carbocycles. The van der Waals surface area contributed by atoms with Gasteiger partial charge in [0.2, 0.25) is 0 Å². The molecule has 0 radical (unpaired) electrons. The highest BCUT2D eigenvalue weighted by Gasteiger charge is 2.78. The number of benzene rings is 1. The molecule has 1 aromatic rings. The Kier molecular flexibility index (Phi) is 6.77. The zero-order valence-corrected chi connectivity index (χ0v) is 13.5. The van der Waals surface area contributed by atoms with Gasteiger partial charge in [-0.05, 0) is 11.1 Å².